The van der Waals surface area contributed by atoms with Crippen molar-refractivity contribution < 1.29 is 14.3 Å². The molecule has 0 amide bonds. The number of ether oxygens (including phenoxy) is 2. The predicted octanol–water partition coefficient (Wildman–Crippen LogP) is 2.45. The molecule has 0 saturated carbocycles. The van der Waals surface area contributed by atoms with E-state index >= 15 is 0 Å². The van der Waals surface area contributed by atoms with Crippen LogP contribution < -0.4 is 4.74 Å². The van der Waals surface area contributed by atoms with Crippen LogP contribution >= 0.6 is 0 Å². The predicted molar refractivity (Wildman–Crippen MR) is 57.6 cm³/mol. The number of carbonyl (C=O) groups is 1. The van der Waals surface area contributed by atoms with Crippen LogP contribution in [-0.2, 0) is 9.53 Å². The van der Waals surface area contributed by atoms with Gasteiger partial charge in [-0.1, -0.05) is 17.7 Å². The van der Waals surface area contributed by atoms with E-state index in [1.165, 1.54) is 12.3 Å². The highest BCUT2D eigenvalue weighted by molar-refractivity contribution is 5.81. The van der Waals surface area contributed by atoms with Gasteiger partial charge in [-0.15, -0.1) is 0 Å². The van der Waals surface area contributed by atoms with Gasteiger partial charge in [-0.05, 0) is 26.0 Å². The lowest BCUT2D eigenvalue weighted by atomic mass is 10.2. The van der Waals surface area contributed by atoms with E-state index in [9.17, 15) is 4.79 Å². The zero-order valence-electron chi connectivity index (χ0n) is 8.90. The topological polar surface area (TPSA) is 35.5 Å². The van der Waals surface area contributed by atoms with Crippen LogP contribution in [-0.4, -0.2) is 12.6 Å². The van der Waals surface area contributed by atoms with Gasteiger partial charge >= 0.3 is 5.97 Å². The monoisotopic (exact) mass is 206 g/mol. The lowest BCUT2D eigenvalue weighted by Gasteiger charge is -2.00. The van der Waals surface area contributed by atoms with Crippen molar-refractivity contribution in [3.05, 3.63) is 42.2 Å². The van der Waals surface area contributed by atoms with E-state index in [0.717, 1.165) is 5.56 Å². The fraction of sp³-hybridized carbons (Fsp3) is 0.250. The molecule has 0 aliphatic heterocycles. The average Bonchev–Trinajstić information content (AvgIpc) is 2.21. The molecule has 80 valence electrons. The van der Waals surface area contributed by atoms with Crippen molar-refractivity contribution in [3.8, 4) is 5.75 Å². The second kappa shape index (κ2) is 5.86. The molecule has 0 heterocycles. The van der Waals surface area contributed by atoms with Crippen molar-refractivity contribution in [3.63, 3.8) is 0 Å². The first-order valence-electron chi connectivity index (χ1n) is 4.79. The molecular weight excluding hydrogens is 192 g/mol. The van der Waals surface area contributed by atoms with E-state index in [4.69, 9.17) is 9.47 Å². The lowest BCUT2D eigenvalue weighted by Crippen LogP contribution is -1.99. The molecule has 1 aromatic carbocycles. The van der Waals surface area contributed by atoms with Crippen molar-refractivity contribution >= 4 is 5.97 Å². The van der Waals surface area contributed by atoms with Crippen LogP contribution in [0.5, 0.6) is 5.75 Å². The standard InChI is InChI=1S/C12H14O3/c1-3-14-12(13)8-9-15-11-6-4-10(2)5-7-11/h4-9H,3H2,1-2H3/b9-8+. The van der Waals surface area contributed by atoms with Gasteiger partial charge in [0.15, 0.2) is 0 Å². The van der Waals surface area contributed by atoms with E-state index in [1.54, 1.807) is 6.92 Å². The second-order valence-corrected chi connectivity index (χ2v) is 2.99. The molecule has 15 heavy (non-hydrogen) atoms. The van der Waals surface area contributed by atoms with E-state index < -0.39 is 5.97 Å². The third kappa shape index (κ3) is 4.31. The summed E-state index contributed by atoms with van der Waals surface area (Å²) >= 11 is 0. The van der Waals surface area contributed by atoms with Gasteiger partial charge in [-0.2, -0.15) is 0 Å². The summed E-state index contributed by atoms with van der Waals surface area (Å²) in [7, 11) is 0. The molecule has 0 radical (unpaired) electrons. The van der Waals surface area contributed by atoms with Gasteiger partial charge < -0.3 is 9.47 Å². The van der Waals surface area contributed by atoms with Crippen molar-refractivity contribution in [1.29, 1.82) is 0 Å². The van der Waals surface area contributed by atoms with Crippen LogP contribution in [0, 0.1) is 6.92 Å². The van der Waals surface area contributed by atoms with Gasteiger partial charge in [0.1, 0.15) is 5.75 Å². The lowest BCUT2D eigenvalue weighted by molar-refractivity contribution is -0.137. The summed E-state index contributed by atoms with van der Waals surface area (Å²) in [6.07, 6.45) is 2.58. The Bertz CT molecular complexity index is 338. The van der Waals surface area contributed by atoms with Crippen LogP contribution in [0.3, 0.4) is 0 Å². The zero-order valence-corrected chi connectivity index (χ0v) is 8.90. The molecule has 0 fully saturated rings. The largest absolute Gasteiger partial charge is 0.465 e. The number of esters is 1. The van der Waals surface area contributed by atoms with Crippen LogP contribution in [0.4, 0.5) is 0 Å². The molecule has 0 saturated heterocycles. The van der Waals surface area contributed by atoms with Gasteiger partial charge in [-0.3, -0.25) is 0 Å². The van der Waals surface area contributed by atoms with Crippen LogP contribution in [0.2, 0.25) is 0 Å². The molecule has 0 atom stereocenters. The number of hydrogen-bond donors (Lipinski definition) is 0. The van der Waals surface area contributed by atoms with Crippen molar-refractivity contribution in [2.75, 3.05) is 6.61 Å². The Balaban J connectivity index is 2.43. The van der Waals surface area contributed by atoms with E-state index in [2.05, 4.69) is 0 Å². The summed E-state index contributed by atoms with van der Waals surface area (Å²) in [6, 6.07) is 7.55. The summed E-state index contributed by atoms with van der Waals surface area (Å²) in [5, 5.41) is 0. The highest BCUT2D eigenvalue weighted by atomic mass is 16.5. The fourth-order valence-electron chi connectivity index (χ4n) is 0.975. The number of hydrogen-bond acceptors (Lipinski definition) is 3. The Morgan fingerprint density at radius 1 is 1.33 bits per heavy atom. The first kappa shape index (κ1) is 11.3. The maximum Gasteiger partial charge on any atom is 0.333 e. The smallest absolute Gasteiger partial charge is 0.333 e. The third-order valence-corrected chi connectivity index (χ3v) is 1.72. The second-order valence-electron chi connectivity index (χ2n) is 2.99. The van der Waals surface area contributed by atoms with Crippen LogP contribution in [0.25, 0.3) is 0 Å². The molecular formula is C12H14O3. The Morgan fingerprint density at radius 3 is 2.60 bits per heavy atom. The minimum absolute atomic E-state index is 0.369. The Morgan fingerprint density at radius 2 is 2.00 bits per heavy atom. The molecule has 0 aliphatic rings. The molecule has 1 aromatic rings. The van der Waals surface area contributed by atoms with Gasteiger partial charge in [0, 0.05) is 0 Å². The summed E-state index contributed by atoms with van der Waals surface area (Å²) in [6.45, 7) is 4.12. The van der Waals surface area contributed by atoms with E-state index in [1.807, 2.05) is 31.2 Å². The zero-order chi connectivity index (χ0) is 11.1. The first-order chi connectivity index (χ1) is 7.22. The van der Waals surface area contributed by atoms with E-state index in [0.29, 0.717) is 12.4 Å². The third-order valence-electron chi connectivity index (χ3n) is 1.72. The Labute approximate surface area is 89.3 Å². The number of rotatable bonds is 4. The van der Waals surface area contributed by atoms with Crippen molar-refractivity contribution in [1.82, 2.24) is 0 Å². The SMILES string of the molecule is CCOC(=O)/C=C/Oc1ccc(C)cc1. The molecule has 0 aliphatic carbocycles. The minimum atomic E-state index is -0.399. The summed E-state index contributed by atoms with van der Waals surface area (Å²) < 4.78 is 9.89. The molecule has 0 spiro atoms. The highest BCUT2D eigenvalue weighted by Gasteiger charge is 1.93. The molecule has 3 heteroatoms. The number of carbonyl (C=O) groups excluding carboxylic acids is 1. The van der Waals surface area contributed by atoms with Gasteiger partial charge in [-0.25, -0.2) is 4.79 Å². The quantitative estimate of drug-likeness (QED) is 0.431. The fourth-order valence-corrected chi connectivity index (χ4v) is 0.975. The van der Waals surface area contributed by atoms with Gasteiger partial charge in [0.2, 0.25) is 0 Å². The molecule has 0 N–H and O–H groups in total. The molecule has 3 nitrogen and oxygen atoms in total. The van der Waals surface area contributed by atoms with Crippen LogP contribution in [0.1, 0.15) is 12.5 Å². The average molecular weight is 206 g/mol. The first-order valence-corrected chi connectivity index (χ1v) is 4.79. The van der Waals surface area contributed by atoms with Crippen LogP contribution in [0.15, 0.2) is 36.6 Å². The minimum Gasteiger partial charge on any atom is -0.465 e. The maximum atomic E-state index is 10.9. The maximum absolute atomic E-state index is 10.9. The Hall–Kier alpha value is -1.77. The summed E-state index contributed by atoms with van der Waals surface area (Å²) in [5.41, 5.74) is 1.16. The number of aryl methyl sites for hydroxylation is 1. The van der Waals surface area contributed by atoms with Gasteiger partial charge in [0.05, 0.1) is 18.9 Å². The number of benzene rings is 1. The highest BCUT2D eigenvalue weighted by Crippen LogP contribution is 2.11. The Kier molecular flexibility index (Phi) is 4.41. The normalized spacial score (nSPS) is 10.3. The van der Waals surface area contributed by atoms with E-state index in [-0.39, 0.29) is 0 Å². The molecule has 1 rings (SSSR count). The molecule has 0 unspecified atom stereocenters. The van der Waals surface area contributed by atoms with Gasteiger partial charge in [0.25, 0.3) is 0 Å². The van der Waals surface area contributed by atoms with Crippen molar-refractivity contribution in [2.45, 2.75) is 13.8 Å². The molecule has 0 bridgehead atoms. The van der Waals surface area contributed by atoms with Crippen molar-refractivity contribution in [2.24, 2.45) is 0 Å². The molecule has 0 aromatic heterocycles. The summed E-state index contributed by atoms with van der Waals surface area (Å²) in [4.78, 5) is 10.9. The summed E-state index contributed by atoms with van der Waals surface area (Å²) in [5.74, 6) is 0.297.